The summed E-state index contributed by atoms with van der Waals surface area (Å²) in [5.41, 5.74) is 1.03. The van der Waals surface area contributed by atoms with E-state index in [4.69, 9.17) is 5.26 Å². The van der Waals surface area contributed by atoms with E-state index in [1.807, 2.05) is 13.0 Å². The molecule has 2 heterocycles. The molecule has 1 aromatic carbocycles. The quantitative estimate of drug-likeness (QED) is 0.832. The van der Waals surface area contributed by atoms with Crippen LogP contribution in [-0.4, -0.2) is 26.2 Å². The normalized spacial score (nSPS) is 14.8. The summed E-state index contributed by atoms with van der Waals surface area (Å²) in [5.74, 6) is 1.55. The van der Waals surface area contributed by atoms with Crippen molar-refractivity contribution >= 4 is 0 Å². The van der Waals surface area contributed by atoms with Crippen LogP contribution in [0.15, 0.2) is 18.2 Å². The number of aryl methyl sites for hydroxylation is 1. The standard InChI is InChI=1S/C14H14FN5/c1-10-17-18-14-9-19(4-5-20(10)14)8-12-6-11(7-16)2-3-13(12)15/h2-3,6H,4-5,8-9H2,1H3. The van der Waals surface area contributed by atoms with Crippen molar-refractivity contribution < 1.29 is 4.39 Å². The van der Waals surface area contributed by atoms with Crippen LogP contribution >= 0.6 is 0 Å². The van der Waals surface area contributed by atoms with Gasteiger partial charge in [-0.1, -0.05) is 0 Å². The van der Waals surface area contributed by atoms with Gasteiger partial charge < -0.3 is 4.57 Å². The lowest BCUT2D eigenvalue weighted by Gasteiger charge is -2.27. The van der Waals surface area contributed by atoms with Gasteiger partial charge in [0.25, 0.3) is 0 Å². The maximum atomic E-state index is 13.8. The van der Waals surface area contributed by atoms with Gasteiger partial charge in [-0.2, -0.15) is 5.26 Å². The van der Waals surface area contributed by atoms with E-state index in [0.717, 1.165) is 24.7 Å². The summed E-state index contributed by atoms with van der Waals surface area (Å²) in [7, 11) is 0. The van der Waals surface area contributed by atoms with Gasteiger partial charge in [0.2, 0.25) is 0 Å². The molecule has 2 aromatic rings. The Kier molecular flexibility index (Phi) is 3.20. The van der Waals surface area contributed by atoms with Gasteiger partial charge >= 0.3 is 0 Å². The number of benzene rings is 1. The predicted molar refractivity (Wildman–Crippen MR) is 70.0 cm³/mol. The van der Waals surface area contributed by atoms with Gasteiger partial charge in [0.1, 0.15) is 17.5 Å². The molecule has 0 fully saturated rings. The molecule has 0 radical (unpaired) electrons. The average molecular weight is 271 g/mol. The third-order valence-corrected chi connectivity index (χ3v) is 3.59. The molecule has 20 heavy (non-hydrogen) atoms. The Bertz CT molecular complexity index is 685. The minimum atomic E-state index is -0.271. The zero-order valence-electron chi connectivity index (χ0n) is 11.2. The van der Waals surface area contributed by atoms with E-state index >= 15 is 0 Å². The first kappa shape index (κ1) is 12.8. The average Bonchev–Trinajstić information content (AvgIpc) is 2.82. The molecule has 0 atom stereocenters. The van der Waals surface area contributed by atoms with Crippen molar-refractivity contribution in [3.05, 3.63) is 46.8 Å². The van der Waals surface area contributed by atoms with E-state index in [2.05, 4.69) is 19.7 Å². The fraction of sp³-hybridized carbons (Fsp3) is 0.357. The summed E-state index contributed by atoms with van der Waals surface area (Å²) in [4.78, 5) is 2.11. The molecule has 3 rings (SSSR count). The Labute approximate surface area is 116 Å². The minimum absolute atomic E-state index is 0.271. The van der Waals surface area contributed by atoms with Crippen LogP contribution in [0.5, 0.6) is 0 Å². The van der Waals surface area contributed by atoms with Gasteiger partial charge in [0, 0.05) is 25.2 Å². The Morgan fingerprint density at radius 1 is 1.35 bits per heavy atom. The first-order valence-corrected chi connectivity index (χ1v) is 6.47. The van der Waals surface area contributed by atoms with Crippen LogP contribution in [0.3, 0.4) is 0 Å². The van der Waals surface area contributed by atoms with E-state index in [1.54, 1.807) is 6.07 Å². The summed E-state index contributed by atoms with van der Waals surface area (Å²) in [6.45, 7) is 4.70. The van der Waals surface area contributed by atoms with Crippen LogP contribution in [0.25, 0.3) is 0 Å². The molecule has 0 spiro atoms. The number of fused-ring (bicyclic) bond motifs is 1. The van der Waals surface area contributed by atoms with Gasteiger partial charge in [-0.05, 0) is 25.1 Å². The molecule has 0 saturated carbocycles. The molecule has 6 heteroatoms. The van der Waals surface area contributed by atoms with Crippen LogP contribution in [-0.2, 0) is 19.6 Å². The molecule has 0 amide bonds. The monoisotopic (exact) mass is 271 g/mol. The van der Waals surface area contributed by atoms with Gasteiger partial charge in [-0.15, -0.1) is 10.2 Å². The number of rotatable bonds is 2. The maximum Gasteiger partial charge on any atom is 0.147 e. The number of aromatic nitrogens is 3. The van der Waals surface area contributed by atoms with Crippen LogP contribution in [0, 0.1) is 24.1 Å². The number of nitrogens with zero attached hydrogens (tertiary/aromatic N) is 5. The van der Waals surface area contributed by atoms with Gasteiger partial charge in [-0.3, -0.25) is 4.90 Å². The Morgan fingerprint density at radius 2 is 2.20 bits per heavy atom. The Balaban J connectivity index is 1.78. The zero-order chi connectivity index (χ0) is 14.1. The number of hydrogen-bond acceptors (Lipinski definition) is 4. The molecular formula is C14H14FN5. The van der Waals surface area contributed by atoms with E-state index < -0.39 is 0 Å². The summed E-state index contributed by atoms with van der Waals surface area (Å²) in [6, 6.07) is 6.50. The summed E-state index contributed by atoms with van der Waals surface area (Å²) < 4.78 is 15.9. The lowest BCUT2D eigenvalue weighted by Crippen LogP contribution is -2.34. The molecule has 0 N–H and O–H groups in total. The Morgan fingerprint density at radius 3 is 3.00 bits per heavy atom. The van der Waals surface area contributed by atoms with Crippen LogP contribution in [0.4, 0.5) is 4.39 Å². The van der Waals surface area contributed by atoms with Crippen LogP contribution in [0.2, 0.25) is 0 Å². The fourth-order valence-electron chi connectivity index (χ4n) is 2.49. The lowest BCUT2D eigenvalue weighted by atomic mass is 10.1. The van der Waals surface area contributed by atoms with E-state index in [9.17, 15) is 4.39 Å². The van der Waals surface area contributed by atoms with Crippen molar-refractivity contribution in [1.29, 1.82) is 5.26 Å². The molecule has 0 unspecified atom stereocenters. The fourth-order valence-corrected chi connectivity index (χ4v) is 2.49. The van der Waals surface area contributed by atoms with E-state index in [1.165, 1.54) is 12.1 Å². The van der Waals surface area contributed by atoms with Gasteiger partial charge in [0.15, 0.2) is 0 Å². The smallest absolute Gasteiger partial charge is 0.147 e. The predicted octanol–water partition coefficient (Wildman–Crippen LogP) is 1.61. The van der Waals surface area contributed by atoms with Crippen molar-refractivity contribution in [2.45, 2.75) is 26.6 Å². The van der Waals surface area contributed by atoms with Crippen molar-refractivity contribution in [2.24, 2.45) is 0 Å². The second-order valence-corrected chi connectivity index (χ2v) is 4.94. The van der Waals surface area contributed by atoms with E-state index in [-0.39, 0.29) is 5.82 Å². The van der Waals surface area contributed by atoms with Crippen molar-refractivity contribution in [1.82, 2.24) is 19.7 Å². The van der Waals surface area contributed by atoms with Crippen molar-refractivity contribution in [3.8, 4) is 6.07 Å². The van der Waals surface area contributed by atoms with Crippen molar-refractivity contribution in [3.63, 3.8) is 0 Å². The van der Waals surface area contributed by atoms with E-state index in [0.29, 0.717) is 24.2 Å². The zero-order valence-corrected chi connectivity index (χ0v) is 11.2. The van der Waals surface area contributed by atoms with Gasteiger partial charge in [0.05, 0.1) is 18.2 Å². The maximum absolute atomic E-state index is 13.8. The molecule has 102 valence electrons. The molecular weight excluding hydrogens is 257 g/mol. The third-order valence-electron chi connectivity index (χ3n) is 3.59. The molecule has 1 aliphatic rings. The first-order chi connectivity index (χ1) is 9.67. The van der Waals surface area contributed by atoms with Crippen LogP contribution < -0.4 is 0 Å². The molecule has 0 saturated heterocycles. The molecule has 1 aliphatic heterocycles. The highest BCUT2D eigenvalue weighted by Gasteiger charge is 2.20. The highest BCUT2D eigenvalue weighted by molar-refractivity contribution is 5.33. The number of nitriles is 1. The summed E-state index contributed by atoms with van der Waals surface area (Å²) in [5, 5.41) is 17.1. The lowest BCUT2D eigenvalue weighted by molar-refractivity contribution is 0.205. The molecule has 0 bridgehead atoms. The minimum Gasteiger partial charge on any atom is -0.313 e. The number of hydrogen-bond donors (Lipinski definition) is 0. The summed E-state index contributed by atoms with van der Waals surface area (Å²) in [6.07, 6.45) is 0. The molecule has 0 aliphatic carbocycles. The SMILES string of the molecule is Cc1nnc2n1CCN(Cc1cc(C#N)ccc1F)C2. The highest BCUT2D eigenvalue weighted by Crippen LogP contribution is 2.17. The second-order valence-electron chi connectivity index (χ2n) is 4.94. The molecule has 1 aromatic heterocycles. The first-order valence-electron chi connectivity index (χ1n) is 6.47. The second kappa shape index (κ2) is 5.02. The van der Waals surface area contributed by atoms with Crippen molar-refractivity contribution in [2.75, 3.05) is 6.54 Å². The highest BCUT2D eigenvalue weighted by atomic mass is 19.1. The van der Waals surface area contributed by atoms with Crippen LogP contribution in [0.1, 0.15) is 22.8 Å². The Hall–Kier alpha value is -2.26. The summed E-state index contributed by atoms with van der Waals surface area (Å²) >= 11 is 0. The largest absolute Gasteiger partial charge is 0.313 e. The third kappa shape index (κ3) is 2.28. The van der Waals surface area contributed by atoms with Gasteiger partial charge in [-0.25, -0.2) is 4.39 Å². The molecule has 5 nitrogen and oxygen atoms in total. The topological polar surface area (TPSA) is 57.7 Å². The number of halogens is 1.